The Morgan fingerprint density at radius 3 is 2.50 bits per heavy atom. The molecule has 42 heavy (non-hydrogen) atoms. The molecule has 13 heteroatoms. The molecule has 0 unspecified atom stereocenters. The number of esters is 1. The number of nitrogens with zero attached hydrogens (tertiary/aromatic N) is 4. The zero-order valence-corrected chi connectivity index (χ0v) is 25.4. The summed E-state index contributed by atoms with van der Waals surface area (Å²) in [6.07, 6.45) is 3.34. The third-order valence-corrected chi connectivity index (χ3v) is 8.14. The van der Waals surface area contributed by atoms with Crippen LogP contribution in [0.1, 0.15) is 36.9 Å². The van der Waals surface area contributed by atoms with Crippen molar-refractivity contribution in [3.05, 3.63) is 84.5 Å². The van der Waals surface area contributed by atoms with Crippen LogP contribution in [0.3, 0.4) is 0 Å². The fourth-order valence-corrected chi connectivity index (χ4v) is 6.31. The fraction of sp³-hybridized carbons (Fsp3) is 0.276. The van der Waals surface area contributed by atoms with Gasteiger partial charge in [-0.1, -0.05) is 11.3 Å². The van der Waals surface area contributed by atoms with Gasteiger partial charge in [0.05, 0.1) is 49.8 Å². The zero-order chi connectivity index (χ0) is 30.0. The van der Waals surface area contributed by atoms with Crippen molar-refractivity contribution in [3.63, 3.8) is 0 Å². The molecule has 1 aliphatic rings. The first kappa shape index (κ1) is 29.1. The van der Waals surface area contributed by atoms with Gasteiger partial charge in [0, 0.05) is 18.0 Å². The minimum atomic E-state index is -0.864. The van der Waals surface area contributed by atoms with Gasteiger partial charge in [-0.2, -0.15) is 0 Å². The number of hydrogen-bond donors (Lipinski definition) is 0. The zero-order valence-electron chi connectivity index (χ0n) is 23.8. The van der Waals surface area contributed by atoms with Crippen LogP contribution in [0, 0.1) is 6.92 Å². The van der Waals surface area contributed by atoms with E-state index in [1.807, 2.05) is 13.0 Å². The number of benzene rings is 1. The molecule has 0 aliphatic carbocycles. The van der Waals surface area contributed by atoms with Gasteiger partial charge in [-0.25, -0.2) is 19.8 Å². The lowest BCUT2D eigenvalue weighted by molar-refractivity contribution is -0.139. The third-order valence-electron chi connectivity index (χ3n) is 6.36. The monoisotopic (exact) mass is 608 g/mol. The molecule has 4 heterocycles. The number of rotatable bonds is 9. The maximum absolute atomic E-state index is 14.0. The molecule has 0 radical (unpaired) electrons. The average Bonchev–Trinajstić information content (AvgIpc) is 3.54. The molecule has 0 N–H and O–H groups in total. The van der Waals surface area contributed by atoms with Crippen LogP contribution in [-0.4, -0.2) is 48.4 Å². The first-order valence-corrected chi connectivity index (χ1v) is 14.5. The molecule has 3 aromatic heterocycles. The topological polar surface area (TPSA) is 127 Å². The van der Waals surface area contributed by atoms with Gasteiger partial charge in [0.1, 0.15) is 5.76 Å². The highest BCUT2D eigenvalue weighted by molar-refractivity contribution is 7.99. The molecule has 0 amide bonds. The van der Waals surface area contributed by atoms with Crippen molar-refractivity contribution in [2.24, 2.45) is 4.99 Å². The van der Waals surface area contributed by atoms with Crippen LogP contribution >= 0.6 is 23.1 Å². The molecule has 4 aromatic rings. The highest BCUT2D eigenvalue weighted by atomic mass is 32.2. The molecule has 1 atom stereocenters. The predicted molar refractivity (Wildman–Crippen MR) is 156 cm³/mol. The number of hydrogen-bond acceptors (Lipinski definition) is 12. The minimum absolute atomic E-state index is 0.161. The number of allylic oxidation sites excluding steroid dienone is 1. The summed E-state index contributed by atoms with van der Waals surface area (Å²) in [5, 5.41) is 1.14. The molecule has 0 bridgehead atoms. The second kappa shape index (κ2) is 12.2. The van der Waals surface area contributed by atoms with E-state index in [1.54, 1.807) is 50.4 Å². The Bertz CT molecular complexity index is 1850. The number of fused-ring (bicyclic) bond motifs is 1. The van der Waals surface area contributed by atoms with E-state index in [4.69, 9.17) is 23.4 Å². The SMILES string of the molecule is CCOC(=O)C1=C(C)N=c2s/c(=C/c3ccc(Sc4nccc(C)n4)o3)c(=O)n2[C@@H]1c1cc(OC)c(OC)c(OC)c1. The van der Waals surface area contributed by atoms with E-state index in [1.165, 1.54) is 49.0 Å². The van der Waals surface area contributed by atoms with Gasteiger partial charge in [-0.05, 0) is 68.4 Å². The maximum atomic E-state index is 14.0. The van der Waals surface area contributed by atoms with Crippen LogP contribution in [0.4, 0.5) is 0 Å². The van der Waals surface area contributed by atoms with Gasteiger partial charge in [0.2, 0.25) is 5.75 Å². The van der Waals surface area contributed by atoms with E-state index in [2.05, 4.69) is 15.0 Å². The summed E-state index contributed by atoms with van der Waals surface area (Å²) in [4.78, 5) is 40.9. The van der Waals surface area contributed by atoms with Gasteiger partial charge in [0.25, 0.3) is 5.56 Å². The van der Waals surface area contributed by atoms with Crippen molar-refractivity contribution >= 4 is 35.1 Å². The highest BCUT2D eigenvalue weighted by Gasteiger charge is 2.34. The Hall–Kier alpha value is -4.36. The molecular formula is C29H28N4O7S2. The van der Waals surface area contributed by atoms with Gasteiger partial charge >= 0.3 is 5.97 Å². The Morgan fingerprint density at radius 1 is 1.12 bits per heavy atom. The molecule has 1 aromatic carbocycles. The summed E-state index contributed by atoms with van der Waals surface area (Å²) in [5.41, 5.74) is 1.73. The number of carbonyl (C=O) groups excluding carboxylic acids is 1. The molecule has 5 rings (SSSR count). The summed E-state index contributed by atoms with van der Waals surface area (Å²) in [5.74, 6) is 1.05. The van der Waals surface area contributed by atoms with Crippen LogP contribution < -0.4 is 29.1 Å². The normalized spacial score (nSPS) is 14.8. The number of aryl methyl sites for hydroxylation is 1. The lowest BCUT2D eigenvalue weighted by atomic mass is 9.95. The van der Waals surface area contributed by atoms with Crippen LogP contribution in [0.25, 0.3) is 6.08 Å². The number of methoxy groups -OCH3 is 3. The highest BCUT2D eigenvalue weighted by Crippen LogP contribution is 2.42. The van der Waals surface area contributed by atoms with Crippen LogP contribution in [0.2, 0.25) is 0 Å². The van der Waals surface area contributed by atoms with Crippen molar-refractivity contribution in [1.82, 2.24) is 14.5 Å². The standard InChI is InChI=1S/C29H28N4O7S2/c1-7-39-27(35)23-16(3)32-29-33(24(23)17-12-19(36-4)25(38-6)20(13-17)37-5)26(34)21(41-29)14-18-8-9-22(40-18)42-28-30-11-10-15(2)31-28/h8-14,24H,7H2,1-6H3/b21-14+/t24-/m1/s1. The summed E-state index contributed by atoms with van der Waals surface area (Å²) >= 11 is 2.47. The third kappa shape index (κ3) is 5.57. The Balaban J connectivity index is 1.64. The number of furan rings is 1. The number of thiazole rings is 1. The molecule has 0 fully saturated rings. The van der Waals surface area contributed by atoms with Crippen molar-refractivity contribution in [1.29, 1.82) is 0 Å². The van der Waals surface area contributed by atoms with Crippen LogP contribution in [0.15, 0.2) is 72.3 Å². The van der Waals surface area contributed by atoms with Crippen molar-refractivity contribution in [2.75, 3.05) is 27.9 Å². The molecule has 218 valence electrons. The van der Waals surface area contributed by atoms with Gasteiger partial charge in [-0.15, -0.1) is 0 Å². The van der Waals surface area contributed by atoms with E-state index in [-0.39, 0.29) is 17.7 Å². The summed E-state index contributed by atoms with van der Waals surface area (Å²) in [7, 11) is 4.51. The number of aromatic nitrogens is 3. The smallest absolute Gasteiger partial charge is 0.338 e. The summed E-state index contributed by atoms with van der Waals surface area (Å²) in [6.45, 7) is 5.49. The average molecular weight is 609 g/mol. The van der Waals surface area contributed by atoms with E-state index >= 15 is 0 Å². The van der Waals surface area contributed by atoms with Crippen molar-refractivity contribution in [3.8, 4) is 17.2 Å². The number of carbonyl (C=O) groups is 1. The van der Waals surface area contributed by atoms with Crippen LogP contribution in [-0.2, 0) is 9.53 Å². The van der Waals surface area contributed by atoms with Crippen LogP contribution in [0.5, 0.6) is 17.2 Å². The largest absolute Gasteiger partial charge is 0.493 e. The van der Waals surface area contributed by atoms with E-state index in [0.29, 0.717) is 53.9 Å². The molecule has 1 aliphatic heterocycles. The van der Waals surface area contributed by atoms with E-state index < -0.39 is 12.0 Å². The Labute approximate surface area is 249 Å². The number of ether oxygens (including phenoxy) is 4. The predicted octanol–water partition coefficient (Wildman–Crippen LogP) is 3.67. The maximum Gasteiger partial charge on any atom is 0.338 e. The Kier molecular flexibility index (Phi) is 8.50. The lowest BCUT2D eigenvalue weighted by Gasteiger charge is -2.26. The second-order valence-corrected chi connectivity index (χ2v) is 11.0. The quantitative estimate of drug-likeness (QED) is 0.205. The Morgan fingerprint density at radius 2 is 1.86 bits per heavy atom. The molecule has 0 saturated heterocycles. The lowest BCUT2D eigenvalue weighted by Crippen LogP contribution is -2.40. The summed E-state index contributed by atoms with van der Waals surface area (Å²) < 4.78 is 29.8. The summed E-state index contributed by atoms with van der Waals surface area (Å²) in [6, 6.07) is 7.94. The van der Waals surface area contributed by atoms with Gasteiger partial charge < -0.3 is 23.4 Å². The molecular weight excluding hydrogens is 580 g/mol. The van der Waals surface area contributed by atoms with Gasteiger partial charge in [-0.3, -0.25) is 9.36 Å². The molecule has 11 nitrogen and oxygen atoms in total. The van der Waals surface area contributed by atoms with Crippen molar-refractivity contribution in [2.45, 2.75) is 37.1 Å². The van der Waals surface area contributed by atoms with Gasteiger partial charge in [0.15, 0.2) is 26.5 Å². The van der Waals surface area contributed by atoms with Crippen molar-refractivity contribution < 1.29 is 28.2 Å². The first-order chi connectivity index (χ1) is 20.3. The fourth-order valence-electron chi connectivity index (χ4n) is 4.53. The molecule has 0 spiro atoms. The second-order valence-electron chi connectivity index (χ2n) is 9.00. The molecule has 0 saturated carbocycles. The minimum Gasteiger partial charge on any atom is -0.493 e. The first-order valence-electron chi connectivity index (χ1n) is 12.8. The van der Waals surface area contributed by atoms with E-state index in [0.717, 1.165) is 5.69 Å². The van der Waals surface area contributed by atoms with E-state index in [9.17, 15) is 9.59 Å².